The highest BCUT2D eigenvalue weighted by Gasteiger charge is 2.21. The van der Waals surface area contributed by atoms with Crippen molar-refractivity contribution in [2.45, 2.75) is 4.90 Å². The number of hydrogen-bond donors (Lipinski definition) is 4. The first-order chi connectivity index (χ1) is 14.3. The zero-order valence-corrected chi connectivity index (χ0v) is 17.0. The molecule has 1 heterocycles. The van der Waals surface area contributed by atoms with Crippen LogP contribution in [0.4, 0.5) is 5.69 Å². The molecule has 5 N–H and O–H groups in total. The fourth-order valence-corrected chi connectivity index (χ4v) is 4.56. The Bertz CT molecular complexity index is 1380. The molecule has 0 aliphatic heterocycles. The van der Waals surface area contributed by atoms with Crippen molar-refractivity contribution in [3.05, 3.63) is 77.4 Å². The van der Waals surface area contributed by atoms with E-state index in [2.05, 4.69) is 9.71 Å². The Morgan fingerprint density at radius 3 is 2.50 bits per heavy atom. The number of sulfonamides is 1. The first kappa shape index (κ1) is 19.8. The van der Waals surface area contributed by atoms with E-state index in [9.17, 15) is 18.3 Å². The lowest BCUT2D eigenvalue weighted by atomic mass is 10.0. The molecule has 1 amide bonds. The van der Waals surface area contributed by atoms with Gasteiger partial charge in [-0.1, -0.05) is 48.0 Å². The van der Waals surface area contributed by atoms with Crippen molar-refractivity contribution in [3.8, 4) is 16.9 Å². The van der Waals surface area contributed by atoms with Crippen LogP contribution in [-0.2, 0) is 10.0 Å². The average molecular weight is 442 g/mol. The van der Waals surface area contributed by atoms with Gasteiger partial charge in [-0.3, -0.25) is 9.52 Å². The van der Waals surface area contributed by atoms with Gasteiger partial charge in [-0.25, -0.2) is 8.42 Å². The molecule has 0 spiro atoms. The van der Waals surface area contributed by atoms with Crippen LogP contribution in [0.2, 0.25) is 5.02 Å². The van der Waals surface area contributed by atoms with Gasteiger partial charge in [0.15, 0.2) is 0 Å². The SMILES string of the molecule is NC(=O)c1cc(S(=O)(=O)Nc2ccc3c(-c4ccccc4)c[nH]c3c2)cc(Cl)c1O. The largest absolute Gasteiger partial charge is 0.506 e. The molecule has 9 heteroatoms. The van der Waals surface area contributed by atoms with Gasteiger partial charge in [0.05, 0.1) is 21.2 Å². The van der Waals surface area contributed by atoms with Crippen LogP contribution in [0.25, 0.3) is 22.0 Å². The number of halogens is 1. The monoisotopic (exact) mass is 441 g/mol. The topological polar surface area (TPSA) is 125 Å². The van der Waals surface area contributed by atoms with Gasteiger partial charge in [-0.2, -0.15) is 0 Å². The lowest BCUT2D eigenvalue weighted by Crippen LogP contribution is -2.16. The number of anilines is 1. The molecule has 152 valence electrons. The number of rotatable bonds is 5. The second-order valence-corrected chi connectivity index (χ2v) is 8.69. The first-order valence-corrected chi connectivity index (χ1v) is 10.6. The molecule has 0 fully saturated rings. The third-order valence-corrected chi connectivity index (χ3v) is 6.28. The lowest BCUT2D eigenvalue weighted by Gasteiger charge is -2.11. The van der Waals surface area contributed by atoms with E-state index in [1.807, 2.05) is 42.6 Å². The molecule has 0 atom stereocenters. The highest BCUT2D eigenvalue weighted by Crippen LogP contribution is 2.33. The van der Waals surface area contributed by atoms with Crippen molar-refractivity contribution in [1.29, 1.82) is 0 Å². The molecule has 4 aromatic rings. The lowest BCUT2D eigenvalue weighted by molar-refractivity contribution is 0.0997. The summed E-state index contributed by atoms with van der Waals surface area (Å²) in [5.41, 5.74) is 7.90. The number of fused-ring (bicyclic) bond motifs is 1. The van der Waals surface area contributed by atoms with E-state index in [-0.39, 0.29) is 15.5 Å². The van der Waals surface area contributed by atoms with Gasteiger partial charge in [-0.05, 0) is 29.8 Å². The van der Waals surface area contributed by atoms with Gasteiger partial charge in [-0.15, -0.1) is 0 Å². The van der Waals surface area contributed by atoms with Crippen LogP contribution in [0.3, 0.4) is 0 Å². The molecule has 7 nitrogen and oxygen atoms in total. The van der Waals surface area contributed by atoms with Crippen molar-refractivity contribution in [3.63, 3.8) is 0 Å². The van der Waals surface area contributed by atoms with E-state index < -0.39 is 21.7 Å². The average Bonchev–Trinajstić information content (AvgIpc) is 3.13. The molecule has 3 aromatic carbocycles. The molecule has 0 unspecified atom stereocenters. The molecular formula is C21H16ClN3O4S. The highest BCUT2D eigenvalue weighted by molar-refractivity contribution is 7.92. The Hall–Kier alpha value is -3.49. The number of nitrogens with one attached hydrogen (secondary N) is 2. The number of aromatic hydroxyl groups is 1. The van der Waals surface area contributed by atoms with Gasteiger partial charge in [0, 0.05) is 22.7 Å². The molecule has 0 radical (unpaired) electrons. The molecule has 30 heavy (non-hydrogen) atoms. The molecule has 4 rings (SSSR count). The summed E-state index contributed by atoms with van der Waals surface area (Å²) in [4.78, 5) is 14.3. The summed E-state index contributed by atoms with van der Waals surface area (Å²) in [5, 5.41) is 10.5. The van der Waals surface area contributed by atoms with Crippen molar-refractivity contribution >= 4 is 44.1 Å². The predicted octanol–water partition coefficient (Wildman–Crippen LogP) is 4.09. The van der Waals surface area contributed by atoms with E-state index in [0.29, 0.717) is 5.69 Å². The summed E-state index contributed by atoms with van der Waals surface area (Å²) in [6.45, 7) is 0. The van der Waals surface area contributed by atoms with E-state index in [0.717, 1.165) is 34.2 Å². The molecule has 0 aliphatic rings. The number of H-pyrrole nitrogens is 1. The number of amides is 1. The van der Waals surface area contributed by atoms with Crippen molar-refractivity contribution in [1.82, 2.24) is 4.98 Å². The Morgan fingerprint density at radius 1 is 1.07 bits per heavy atom. The summed E-state index contributed by atoms with van der Waals surface area (Å²) in [6.07, 6.45) is 1.86. The second kappa shape index (κ2) is 7.40. The smallest absolute Gasteiger partial charge is 0.261 e. The Kier molecular flexibility index (Phi) is 4.89. The molecule has 1 aromatic heterocycles. The minimum Gasteiger partial charge on any atom is -0.506 e. The van der Waals surface area contributed by atoms with Crippen LogP contribution in [0, 0.1) is 0 Å². The second-order valence-electron chi connectivity index (χ2n) is 6.60. The maximum Gasteiger partial charge on any atom is 0.261 e. The zero-order valence-electron chi connectivity index (χ0n) is 15.4. The Morgan fingerprint density at radius 2 is 1.80 bits per heavy atom. The summed E-state index contributed by atoms with van der Waals surface area (Å²) < 4.78 is 28.0. The summed E-state index contributed by atoms with van der Waals surface area (Å²) in [7, 11) is -4.09. The maximum absolute atomic E-state index is 12.8. The number of benzene rings is 3. The summed E-state index contributed by atoms with van der Waals surface area (Å²) >= 11 is 5.86. The van der Waals surface area contributed by atoms with Crippen LogP contribution < -0.4 is 10.5 Å². The van der Waals surface area contributed by atoms with Gasteiger partial charge in [0.2, 0.25) is 0 Å². The quantitative estimate of drug-likeness (QED) is 0.372. The van der Waals surface area contributed by atoms with Gasteiger partial charge in [0.1, 0.15) is 5.75 Å². The Labute approximate surface area is 177 Å². The number of carbonyl (C=O) groups excluding carboxylic acids is 1. The van der Waals surface area contributed by atoms with Crippen molar-refractivity contribution in [2.75, 3.05) is 4.72 Å². The molecule has 0 saturated heterocycles. The number of nitrogens with two attached hydrogens (primary N) is 1. The number of hydrogen-bond acceptors (Lipinski definition) is 4. The fraction of sp³-hybridized carbons (Fsp3) is 0. The summed E-state index contributed by atoms with van der Waals surface area (Å²) in [6, 6.07) is 16.9. The Balaban J connectivity index is 1.70. The van der Waals surface area contributed by atoms with Crippen LogP contribution in [-0.4, -0.2) is 24.4 Å². The maximum atomic E-state index is 12.8. The third kappa shape index (κ3) is 3.58. The standard InChI is InChI=1S/C21H16ClN3O4S/c22-18-10-14(9-16(20(18)26)21(23)27)30(28,29)25-13-6-7-15-17(11-24-19(15)8-13)12-4-2-1-3-5-12/h1-11,24-26H,(H2,23,27). The molecular weight excluding hydrogens is 426 g/mol. The van der Waals surface area contributed by atoms with Crippen LogP contribution in [0.5, 0.6) is 5.75 Å². The van der Waals surface area contributed by atoms with Gasteiger partial charge >= 0.3 is 0 Å². The van der Waals surface area contributed by atoms with Gasteiger partial charge in [0.25, 0.3) is 15.9 Å². The van der Waals surface area contributed by atoms with Crippen molar-refractivity contribution < 1.29 is 18.3 Å². The van der Waals surface area contributed by atoms with Gasteiger partial charge < -0.3 is 15.8 Å². The van der Waals surface area contributed by atoms with E-state index in [4.69, 9.17) is 17.3 Å². The number of carbonyl (C=O) groups is 1. The van der Waals surface area contributed by atoms with E-state index in [1.165, 1.54) is 0 Å². The van der Waals surface area contributed by atoms with Crippen LogP contribution in [0.1, 0.15) is 10.4 Å². The number of aromatic nitrogens is 1. The predicted molar refractivity (Wildman–Crippen MR) is 116 cm³/mol. The minimum absolute atomic E-state index is 0.293. The van der Waals surface area contributed by atoms with E-state index in [1.54, 1.807) is 12.1 Å². The van der Waals surface area contributed by atoms with Crippen molar-refractivity contribution in [2.24, 2.45) is 5.73 Å². The molecule has 0 aliphatic carbocycles. The van der Waals surface area contributed by atoms with Crippen LogP contribution >= 0.6 is 11.6 Å². The van der Waals surface area contributed by atoms with Crippen LogP contribution in [0.15, 0.2) is 71.8 Å². The van der Waals surface area contributed by atoms with E-state index >= 15 is 0 Å². The molecule has 0 bridgehead atoms. The fourth-order valence-electron chi connectivity index (χ4n) is 3.18. The molecule has 0 saturated carbocycles. The normalized spacial score (nSPS) is 11.5. The number of phenols is 1. The minimum atomic E-state index is -4.09. The first-order valence-electron chi connectivity index (χ1n) is 8.78. The number of aromatic amines is 1. The zero-order chi connectivity index (χ0) is 21.5. The summed E-state index contributed by atoms with van der Waals surface area (Å²) in [5.74, 6) is -1.56. The third-order valence-electron chi connectivity index (χ3n) is 4.63. The number of primary amides is 1. The highest BCUT2D eigenvalue weighted by atomic mass is 35.5.